The number of halogens is 1. The van der Waals surface area contributed by atoms with Gasteiger partial charge in [0.15, 0.2) is 0 Å². The first-order chi connectivity index (χ1) is 8.87. The van der Waals surface area contributed by atoms with Crippen molar-refractivity contribution in [1.29, 1.82) is 0 Å². The van der Waals surface area contributed by atoms with E-state index in [2.05, 4.69) is 10.3 Å². The Balaban J connectivity index is 1.93. The molecule has 0 spiro atoms. The van der Waals surface area contributed by atoms with Crippen molar-refractivity contribution in [3.05, 3.63) is 28.5 Å². The number of hydrogen-bond donors (Lipinski definition) is 1. The summed E-state index contributed by atoms with van der Waals surface area (Å²) in [6.45, 7) is 6.07. The molecule has 1 aromatic rings. The first-order valence-corrected chi connectivity index (χ1v) is 6.85. The molecule has 1 N–H and O–H groups in total. The van der Waals surface area contributed by atoms with Gasteiger partial charge in [0.2, 0.25) is 0 Å². The zero-order valence-corrected chi connectivity index (χ0v) is 12.3. The number of pyridine rings is 1. The Morgan fingerprint density at radius 1 is 1.58 bits per heavy atom. The van der Waals surface area contributed by atoms with Crippen LogP contribution in [0.2, 0.25) is 5.02 Å². The summed E-state index contributed by atoms with van der Waals surface area (Å²) >= 11 is 6.13. The average molecular weight is 283 g/mol. The van der Waals surface area contributed by atoms with E-state index in [4.69, 9.17) is 16.3 Å². The minimum Gasteiger partial charge on any atom is -0.444 e. The van der Waals surface area contributed by atoms with Crippen LogP contribution in [-0.4, -0.2) is 23.2 Å². The quantitative estimate of drug-likeness (QED) is 0.905. The van der Waals surface area contributed by atoms with Gasteiger partial charge in [-0.25, -0.2) is 4.79 Å². The van der Waals surface area contributed by atoms with Crippen LogP contribution in [0, 0.1) is 0 Å². The Kier molecular flexibility index (Phi) is 3.99. The Labute approximate surface area is 118 Å². The second kappa shape index (κ2) is 5.37. The highest BCUT2D eigenvalue weighted by molar-refractivity contribution is 6.31. The van der Waals surface area contributed by atoms with Crippen LogP contribution in [-0.2, 0) is 11.2 Å². The van der Waals surface area contributed by atoms with E-state index in [0.717, 1.165) is 29.1 Å². The van der Waals surface area contributed by atoms with Gasteiger partial charge in [0.1, 0.15) is 5.60 Å². The zero-order chi connectivity index (χ0) is 14.0. The van der Waals surface area contributed by atoms with Crippen molar-refractivity contribution in [2.24, 2.45) is 0 Å². The molecule has 1 aliphatic carbocycles. The van der Waals surface area contributed by atoms with E-state index in [1.807, 2.05) is 26.8 Å². The van der Waals surface area contributed by atoms with E-state index < -0.39 is 5.60 Å². The van der Waals surface area contributed by atoms with Crippen LogP contribution in [0.25, 0.3) is 0 Å². The molecule has 104 valence electrons. The van der Waals surface area contributed by atoms with Gasteiger partial charge in [-0.05, 0) is 45.2 Å². The molecule has 1 unspecified atom stereocenters. The van der Waals surface area contributed by atoms with Gasteiger partial charge in [-0.1, -0.05) is 11.6 Å². The number of fused-ring (bicyclic) bond motifs is 1. The molecular formula is C14H19ClN2O2. The number of amides is 1. The minimum absolute atomic E-state index is 0.223. The number of carbonyl (C=O) groups excluding carboxylic acids is 1. The Morgan fingerprint density at radius 3 is 3.00 bits per heavy atom. The highest BCUT2D eigenvalue weighted by atomic mass is 35.5. The number of nitrogens with one attached hydrogen (secondary N) is 1. The Hall–Kier alpha value is -1.29. The second-order valence-corrected chi connectivity index (χ2v) is 6.18. The fourth-order valence-electron chi connectivity index (χ4n) is 2.26. The number of rotatable bonds is 2. The molecule has 0 saturated heterocycles. The summed E-state index contributed by atoms with van der Waals surface area (Å²) in [5.74, 6) is 0.223. The minimum atomic E-state index is -0.473. The third-order valence-corrected chi connectivity index (χ3v) is 3.41. The van der Waals surface area contributed by atoms with E-state index in [1.54, 1.807) is 6.20 Å². The summed E-state index contributed by atoms with van der Waals surface area (Å²) < 4.78 is 5.21. The summed E-state index contributed by atoms with van der Waals surface area (Å²) in [7, 11) is 0. The zero-order valence-electron chi connectivity index (χ0n) is 11.5. The molecule has 0 bridgehead atoms. The van der Waals surface area contributed by atoms with Gasteiger partial charge in [0, 0.05) is 29.4 Å². The highest BCUT2D eigenvalue weighted by Crippen LogP contribution is 2.34. The molecule has 1 atom stereocenters. The standard InChI is InChI=1S/C14H19ClN2O2/c1-14(2,3)19-13(18)17-8-9-4-5-10-11(15)6-7-16-12(9)10/h6-7,9H,4-5,8H2,1-3H3,(H,17,18). The number of nitrogens with zero attached hydrogens (tertiary/aromatic N) is 1. The van der Waals surface area contributed by atoms with Crippen LogP contribution in [0.4, 0.5) is 4.79 Å². The predicted octanol–water partition coefficient (Wildman–Crippen LogP) is 3.29. The van der Waals surface area contributed by atoms with Gasteiger partial charge < -0.3 is 10.1 Å². The maximum Gasteiger partial charge on any atom is 0.407 e. The number of alkyl carbamates (subject to hydrolysis) is 1. The lowest BCUT2D eigenvalue weighted by molar-refractivity contribution is 0.0524. The molecule has 0 radical (unpaired) electrons. The molecule has 0 fully saturated rings. The van der Waals surface area contributed by atoms with Gasteiger partial charge in [-0.2, -0.15) is 0 Å². The lowest BCUT2D eigenvalue weighted by Crippen LogP contribution is -2.34. The first-order valence-electron chi connectivity index (χ1n) is 6.47. The number of ether oxygens (including phenoxy) is 1. The Morgan fingerprint density at radius 2 is 2.32 bits per heavy atom. The van der Waals surface area contributed by atoms with Crippen molar-refractivity contribution in [2.45, 2.75) is 45.1 Å². The third-order valence-electron chi connectivity index (χ3n) is 3.05. The maximum atomic E-state index is 11.6. The van der Waals surface area contributed by atoms with E-state index >= 15 is 0 Å². The smallest absolute Gasteiger partial charge is 0.407 e. The Bertz CT molecular complexity index is 483. The molecule has 5 heteroatoms. The van der Waals surface area contributed by atoms with Crippen LogP contribution >= 0.6 is 11.6 Å². The first kappa shape index (κ1) is 14.1. The molecule has 1 aliphatic rings. The SMILES string of the molecule is CC(C)(C)OC(=O)NCC1CCc2c(Cl)ccnc21. The van der Waals surface area contributed by atoms with Crippen molar-refractivity contribution in [3.63, 3.8) is 0 Å². The second-order valence-electron chi connectivity index (χ2n) is 5.77. The van der Waals surface area contributed by atoms with Crippen molar-refractivity contribution in [1.82, 2.24) is 10.3 Å². The molecule has 1 amide bonds. The number of carbonyl (C=O) groups is 1. The van der Waals surface area contributed by atoms with Crippen LogP contribution in [0.15, 0.2) is 12.3 Å². The third kappa shape index (κ3) is 3.60. The summed E-state index contributed by atoms with van der Waals surface area (Å²) in [5.41, 5.74) is 1.64. The van der Waals surface area contributed by atoms with Gasteiger partial charge >= 0.3 is 6.09 Å². The molecule has 0 saturated carbocycles. The van der Waals surface area contributed by atoms with Gasteiger partial charge in [0.05, 0.1) is 0 Å². The van der Waals surface area contributed by atoms with Crippen molar-refractivity contribution in [3.8, 4) is 0 Å². The van der Waals surface area contributed by atoms with Crippen LogP contribution in [0.3, 0.4) is 0 Å². The lowest BCUT2D eigenvalue weighted by atomic mass is 10.1. The monoisotopic (exact) mass is 282 g/mol. The molecule has 0 aromatic carbocycles. The van der Waals surface area contributed by atoms with E-state index in [-0.39, 0.29) is 12.0 Å². The van der Waals surface area contributed by atoms with Gasteiger partial charge in [0.25, 0.3) is 0 Å². The van der Waals surface area contributed by atoms with Crippen molar-refractivity contribution >= 4 is 17.7 Å². The van der Waals surface area contributed by atoms with Gasteiger partial charge in [-0.15, -0.1) is 0 Å². The highest BCUT2D eigenvalue weighted by Gasteiger charge is 2.26. The van der Waals surface area contributed by atoms with Crippen LogP contribution < -0.4 is 5.32 Å². The van der Waals surface area contributed by atoms with E-state index in [1.165, 1.54) is 0 Å². The average Bonchev–Trinajstić information content (AvgIpc) is 2.69. The van der Waals surface area contributed by atoms with E-state index in [0.29, 0.717) is 6.54 Å². The van der Waals surface area contributed by atoms with Gasteiger partial charge in [-0.3, -0.25) is 4.98 Å². The topological polar surface area (TPSA) is 51.2 Å². The molecule has 1 heterocycles. The number of aromatic nitrogens is 1. The normalized spacial score (nSPS) is 18.0. The summed E-state index contributed by atoms with van der Waals surface area (Å²) in [5, 5.41) is 3.57. The molecule has 2 rings (SSSR count). The molecule has 4 nitrogen and oxygen atoms in total. The molecule has 19 heavy (non-hydrogen) atoms. The lowest BCUT2D eigenvalue weighted by Gasteiger charge is -2.20. The summed E-state index contributed by atoms with van der Waals surface area (Å²) in [4.78, 5) is 16.0. The fourth-order valence-corrected chi connectivity index (χ4v) is 2.51. The van der Waals surface area contributed by atoms with Crippen molar-refractivity contribution in [2.75, 3.05) is 6.54 Å². The maximum absolute atomic E-state index is 11.6. The number of hydrogen-bond acceptors (Lipinski definition) is 3. The largest absolute Gasteiger partial charge is 0.444 e. The van der Waals surface area contributed by atoms with Crippen LogP contribution in [0.5, 0.6) is 0 Å². The van der Waals surface area contributed by atoms with Crippen LogP contribution in [0.1, 0.15) is 44.4 Å². The van der Waals surface area contributed by atoms with Crippen molar-refractivity contribution < 1.29 is 9.53 Å². The molecular weight excluding hydrogens is 264 g/mol. The van der Waals surface area contributed by atoms with E-state index in [9.17, 15) is 4.79 Å². The fraction of sp³-hybridized carbons (Fsp3) is 0.571. The predicted molar refractivity (Wildman–Crippen MR) is 74.5 cm³/mol. The summed E-state index contributed by atoms with van der Waals surface area (Å²) in [6.07, 6.45) is 3.21. The molecule has 1 aromatic heterocycles. The summed E-state index contributed by atoms with van der Waals surface area (Å²) in [6, 6.07) is 1.81. The molecule has 0 aliphatic heterocycles.